The minimum Gasteiger partial charge on any atom is -0.484 e. The Balaban J connectivity index is 1.49. The molecular formula is C20H19FN2O2. The summed E-state index contributed by atoms with van der Waals surface area (Å²) in [6.45, 7) is -0.0231. The minimum atomic E-state index is -0.239. The van der Waals surface area contributed by atoms with Crippen molar-refractivity contribution in [1.29, 1.82) is 0 Å². The number of halogens is 1. The highest BCUT2D eigenvalue weighted by Crippen LogP contribution is 2.34. The van der Waals surface area contributed by atoms with Crippen molar-refractivity contribution >= 4 is 16.8 Å². The number of aryl methyl sites for hydroxylation is 1. The highest BCUT2D eigenvalue weighted by Gasteiger charge is 2.25. The van der Waals surface area contributed by atoms with E-state index in [9.17, 15) is 9.18 Å². The number of para-hydroxylation sites is 1. The number of hydrogen-bond donors (Lipinski definition) is 2. The number of aromatic nitrogens is 1. The Labute approximate surface area is 145 Å². The number of carbonyl (C=O) groups excluding carboxylic acids is 1. The maximum atomic E-state index is 13.6. The second-order valence-electron chi connectivity index (χ2n) is 6.32. The Kier molecular flexibility index (Phi) is 4.14. The zero-order chi connectivity index (χ0) is 17.2. The number of ether oxygens (including phenoxy) is 1. The van der Waals surface area contributed by atoms with Crippen LogP contribution < -0.4 is 10.1 Å². The Morgan fingerprint density at radius 1 is 1.24 bits per heavy atom. The van der Waals surface area contributed by atoms with Crippen molar-refractivity contribution in [1.82, 2.24) is 10.3 Å². The van der Waals surface area contributed by atoms with E-state index in [1.54, 1.807) is 12.1 Å². The molecule has 4 nitrogen and oxygen atoms in total. The van der Waals surface area contributed by atoms with Gasteiger partial charge in [-0.05, 0) is 55.2 Å². The largest absolute Gasteiger partial charge is 0.484 e. The number of nitrogens with one attached hydrogen (secondary N) is 2. The molecular weight excluding hydrogens is 319 g/mol. The van der Waals surface area contributed by atoms with Gasteiger partial charge in [0.25, 0.3) is 5.91 Å². The van der Waals surface area contributed by atoms with Gasteiger partial charge in [-0.15, -0.1) is 0 Å². The number of H-pyrrole nitrogens is 1. The molecule has 1 aromatic heterocycles. The number of rotatable bonds is 4. The second kappa shape index (κ2) is 6.59. The highest BCUT2D eigenvalue weighted by atomic mass is 19.1. The minimum absolute atomic E-state index is 0.0231. The molecule has 25 heavy (non-hydrogen) atoms. The topological polar surface area (TPSA) is 54.1 Å². The monoisotopic (exact) mass is 338 g/mol. The summed E-state index contributed by atoms with van der Waals surface area (Å²) in [7, 11) is 0. The zero-order valence-corrected chi connectivity index (χ0v) is 13.7. The van der Waals surface area contributed by atoms with Crippen LogP contribution in [-0.4, -0.2) is 17.5 Å². The average molecular weight is 338 g/mol. The summed E-state index contributed by atoms with van der Waals surface area (Å²) in [4.78, 5) is 15.6. The van der Waals surface area contributed by atoms with Gasteiger partial charge in [-0.3, -0.25) is 4.79 Å². The first kappa shape index (κ1) is 15.7. The summed E-state index contributed by atoms with van der Waals surface area (Å²) in [5.74, 6) is 0.270. The van der Waals surface area contributed by atoms with E-state index in [0.29, 0.717) is 5.75 Å². The van der Waals surface area contributed by atoms with Crippen molar-refractivity contribution in [3.63, 3.8) is 0 Å². The van der Waals surface area contributed by atoms with Crippen molar-refractivity contribution in [3.05, 3.63) is 65.6 Å². The highest BCUT2D eigenvalue weighted by molar-refractivity contribution is 5.86. The predicted octanol–water partition coefficient (Wildman–Crippen LogP) is 3.88. The Hall–Kier alpha value is -2.82. The third kappa shape index (κ3) is 3.22. The molecule has 0 bridgehead atoms. The molecule has 0 radical (unpaired) electrons. The Morgan fingerprint density at radius 2 is 2.08 bits per heavy atom. The van der Waals surface area contributed by atoms with Gasteiger partial charge in [-0.25, -0.2) is 4.39 Å². The molecule has 128 valence electrons. The van der Waals surface area contributed by atoms with Crippen LogP contribution in [0.3, 0.4) is 0 Å². The zero-order valence-electron chi connectivity index (χ0n) is 13.7. The smallest absolute Gasteiger partial charge is 0.258 e. The van der Waals surface area contributed by atoms with E-state index in [0.717, 1.165) is 41.4 Å². The van der Waals surface area contributed by atoms with Gasteiger partial charge < -0.3 is 15.0 Å². The number of amides is 1. The van der Waals surface area contributed by atoms with E-state index < -0.39 is 0 Å². The maximum absolute atomic E-state index is 13.6. The van der Waals surface area contributed by atoms with Gasteiger partial charge >= 0.3 is 0 Å². The molecule has 0 fully saturated rings. The molecule has 0 spiro atoms. The second-order valence-corrected chi connectivity index (χ2v) is 6.32. The van der Waals surface area contributed by atoms with Gasteiger partial charge in [-0.1, -0.05) is 18.2 Å². The Morgan fingerprint density at radius 3 is 2.92 bits per heavy atom. The van der Waals surface area contributed by atoms with E-state index >= 15 is 0 Å². The van der Waals surface area contributed by atoms with E-state index in [1.165, 1.54) is 6.07 Å². The molecule has 1 amide bonds. The fraction of sp³-hybridized carbons (Fsp3) is 0.250. The normalized spacial score (nSPS) is 16.4. The van der Waals surface area contributed by atoms with Crippen LogP contribution in [0.1, 0.15) is 30.1 Å². The molecule has 2 aromatic carbocycles. The molecule has 3 aromatic rings. The van der Waals surface area contributed by atoms with Gasteiger partial charge in [0.1, 0.15) is 11.6 Å². The summed E-state index contributed by atoms with van der Waals surface area (Å²) < 4.78 is 19.1. The van der Waals surface area contributed by atoms with Crippen LogP contribution in [0.5, 0.6) is 5.75 Å². The molecule has 1 heterocycles. The SMILES string of the molecule is O=C(COc1ccccc1)NC1CCCc2c1[nH]c1ccc(F)cc21. The van der Waals surface area contributed by atoms with Crippen LogP contribution in [0.15, 0.2) is 48.5 Å². The lowest BCUT2D eigenvalue weighted by Crippen LogP contribution is -2.34. The average Bonchev–Trinajstić information content (AvgIpc) is 3.00. The maximum Gasteiger partial charge on any atom is 0.258 e. The van der Waals surface area contributed by atoms with Crippen LogP contribution >= 0.6 is 0 Å². The fourth-order valence-electron chi connectivity index (χ4n) is 3.48. The third-order valence-corrected chi connectivity index (χ3v) is 4.62. The van der Waals surface area contributed by atoms with Gasteiger partial charge in [0.2, 0.25) is 0 Å². The summed E-state index contributed by atoms with van der Waals surface area (Å²) in [5.41, 5.74) is 3.00. The number of aromatic amines is 1. The quantitative estimate of drug-likeness (QED) is 0.758. The van der Waals surface area contributed by atoms with Crippen LogP contribution in [0.4, 0.5) is 4.39 Å². The summed E-state index contributed by atoms with van der Waals surface area (Å²) in [6, 6.07) is 13.9. The van der Waals surface area contributed by atoms with Crippen LogP contribution in [0.25, 0.3) is 10.9 Å². The van der Waals surface area contributed by atoms with Crippen molar-refractivity contribution in [2.45, 2.75) is 25.3 Å². The lowest BCUT2D eigenvalue weighted by molar-refractivity contribution is -0.124. The fourth-order valence-corrected chi connectivity index (χ4v) is 3.48. The van der Waals surface area contributed by atoms with E-state index in [4.69, 9.17) is 4.74 Å². The molecule has 1 atom stereocenters. The van der Waals surface area contributed by atoms with Crippen molar-refractivity contribution < 1.29 is 13.9 Å². The summed E-state index contributed by atoms with van der Waals surface area (Å²) in [5, 5.41) is 3.94. The summed E-state index contributed by atoms with van der Waals surface area (Å²) in [6.07, 6.45) is 2.71. The van der Waals surface area contributed by atoms with Gasteiger partial charge in [0.05, 0.1) is 6.04 Å². The molecule has 0 aliphatic heterocycles. The van der Waals surface area contributed by atoms with Crippen LogP contribution in [-0.2, 0) is 11.2 Å². The molecule has 1 aliphatic carbocycles. The molecule has 0 saturated heterocycles. The van der Waals surface area contributed by atoms with Crippen molar-refractivity contribution in [2.75, 3.05) is 6.61 Å². The molecule has 5 heteroatoms. The molecule has 0 saturated carbocycles. The van der Waals surface area contributed by atoms with E-state index in [1.807, 2.05) is 30.3 Å². The molecule has 1 unspecified atom stereocenters. The number of benzene rings is 2. The predicted molar refractivity (Wildman–Crippen MR) is 94.0 cm³/mol. The molecule has 4 rings (SSSR count). The first-order valence-corrected chi connectivity index (χ1v) is 8.48. The van der Waals surface area contributed by atoms with E-state index in [2.05, 4.69) is 10.3 Å². The van der Waals surface area contributed by atoms with Gasteiger partial charge in [0, 0.05) is 16.6 Å². The first-order valence-electron chi connectivity index (χ1n) is 8.48. The Bertz CT molecular complexity index is 905. The van der Waals surface area contributed by atoms with Crippen molar-refractivity contribution in [2.24, 2.45) is 0 Å². The third-order valence-electron chi connectivity index (χ3n) is 4.62. The first-order chi connectivity index (χ1) is 12.2. The summed E-state index contributed by atoms with van der Waals surface area (Å²) >= 11 is 0. The van der Waals surface area contributed by atoms with Crippen molar-refractivity contribution in [3.8, 4) is 5.75 Å². The lowest BCUT2D eigenvalue weighted by Gasteiger charge is -2.23. The van der Waals surface area contributed by atoms with E-state index in [-0.39, 0.29) is 24.4 Å². The molecule has 1 aliphatic rings. The van der Waals surface area contributed by atoms with Gasteiger partial charge in [0.15, 0.2) is 6.61 Å². The number of carbonyl (C=O) groups is 1. The standard InChI is InChI=1S/C20H19FN2O2/c21-13-9-10-17-16(11-13)15-7-4-8-18(20(15)23-17)22-19(24)12-25-14-5-2-1-3-6-14/h1-3,5-6,9-11,18,23H,4,7-8,12H2,(H,22,24). The van der Waals surface area contributed by atoms with Crippen LogP contribution in [0, 0.1) is 5.82 Å². The number of fused-ring (bicyclic) bond motifs is 3. The number of hydrogen-bond acceptors (Lipinski definition) is 2. The van der Waals surface area contributed by atoms with Gasteiger partial charge in [-0.2, -0.15) is 0 Å². The lowest BCUT2D eigenvalue weighted by atomic mass is 9.91. The molecule has 2 N–H and O–H groups in total. The van der Waals surface area contributed by atoms with Crippen LogP contribution in [0.2, 0.25) is 0 Å².